The van der Waals surface area contributed by atoms with E-state index in [-0.39, 0.29) is 4.90 Å². The molecule has 0 saturated carbocycles. The van der Waals surface area contributed by atoms with Crippen LogP contribution in [0.4, 0.5) is 9.57 Å². The van der Waals surface area contributed by atoms with Gasteiger partial charge in [0.25, 0.3) is 0 Å². The van der Waals surface area contributed by atoms with Crippen LogP contribution in [0.5, 0.6) is 0 Å². The molecule has 0 aliphatic carbocycles. The molecule has 2 rings (SSSR count). The normalized spacial score (nSPS) is 17.4. The van der Waals surface area contributed by atoms with Gasteiger partial charge in [-0.2, -0.15) is 8.42 Å². The van der Waals surface area contributed by atoms with E-state index in [4.69, 9.17) is 0 Å². The van der Waals surface area contributed by atoms with Crippen molar-refractivity contribution in [3.8, 4) is 0 Å². The monoisotopic (exact) mass is 244 g/mol. The number of anilines is 1. The molecule has 1 heterocycles. The number of hydrogen-bond donors (Lipinski definition) is 1. The van der Waals surface area contributed by atoms with E-state index in [2.05, 4.69) is 5.32 Å². The molecule has 1 fully saturated rings. The van der Waals surface area contributed by atoms with Crippen LogP contribution in [0.15, 0.2) is 29.2 Å². The molecule has 4 nitrogen and oxygen atoms in total. The molecule has 88 valence electrons. The van der Waals surface area contributed by atoms with E-state index < -0.39 is 10.2 Å². The van der Waals surface area contributed by atoms with Gasteiger partial charge in [-0.3, -0.25) is 0 Å². The van der Waals surface area contributed by atoms with Crippen LogP contribution < -0.4 is 10.2 Å². The zero-order valence-corrected chi connectivity index (χ0v) is 9.50. The Balaban J connectivity index is 2.28. The fourth-order valence-electron chi connectivity index (χ4n) is 1.75. The predicted molar refractivity (Wildman–Crippen MR) is 59.8 cm³/mol. The second-order valence-electron chi connectivity index (χ2n) is 3.67. The molecule has 1 aromatic rings. The average molecular weight is 244 g/mol. The summed E-state index contributed by atoms with van der Waals surface area (Å²) in [6, 6.07) is 5.99. The summed E-state index contributed by atoms with van der Waals surface area (Å²) >= 11 is 0. The molecular weight excluding hydrogens is 231 g/mol. The lowest BCUT2D eigenvalue weighted by molar-refractivity contribution is 0.551. The van der Waals surface area contributed by atoms with Gasteiger partial charge in [-0.15, -0.1) is 3.89 Å². The summed E-state index contributed by atoms with van der Waals surface area (Å²) in [5.41, 5.74) is 0.750. The number of piperazine rings is 1. The van der Waals surface area contributed by atoms with Gasteiger partial charge in [0.05, 0.1) is 0 Å². The third kappa shape index (κ3) is 2.51. The highest BCUT2D eigenvalue weighted by Gasteiger charge is 2.15. The number of benzene rings is 1. The van der Waals surface area contributed by atoms with Gasteiger partial charge in [0.2, 0.25) is 0 Å². The van der Waals surface area contributed by atoms with Crippen molar-refractivity contribution in [2.45, 2.75) is 4.90 Å². The van der Waals surface area contributed by atoms with Gasteiger partial charge in [-0.1, -0.05) is 6.07 Å². The minimum atomic E-state index is -4.61. The third-order valence-electron chi connectivity index (χ3n) is 2.58. The van der Waals surface area contributed by atoms with Crippen LogP contribution in [0.2, 0.25) is 0 Å². The second-order valence-corrected chi connectivity index (χ2v) is 5.02. The summed E-state index contributed by atoms with van der Waals surface area (Å²) in [6.07, 6.45) is 0. The van der Waals surface area contributed by atoms with E-state index in [1.165, 1.54) is 12.1 Å². The molecule has 16 heavy (non-hydrogen) atoms. The van der Waals surface area contributed by atoms with Crippen LogP contribution in [-0.2, 0) is 10.2 Å². The van der Waals surface area contributed by atoms with Gasteiger partial charge < -0.3 is 10.2 Å². The molecule has 0 aromatic heterocycles. The van der Waals surface area contributed by atoms with Crippen molar-refractivity contribution in [2.24, 2.45) is 0 Å². The summed E-state index contributed by atoms with van der Waals surface area (Å²) in [7, 11) is -4.61. The number of halogens is 1. The number of hydrogen-bond acceptors (Lipinski definition) is 4. The largest absolute Gasteiger partial charge is 0.369 e. The van der Waals surface area contributed by atoms with E-state index in [0.29, 0.717) is 0 Å². The maximum absolute atomic E-state index is 12.8. The molecule has 1 aromatic carbocycles. The lowest BCUT2D eigenvalue weighted by Crippen LogP contribution is -2.43. The van der Waals surface area contributed by atoms with Crippen LogP contribution in [0, 0.1) is 0 Å². The maximum atomic E-state index is 12.8. The molecule has 0 amide bonds. The van der Waals surface area contributed by atoms with E-state index >= 15 is 0 Å². The highest BCUT2D eigenvalue weighted by molar-refractivity contribution is 7.86. The molecule has 0 bridgehead atoms. The molecular formula is C10H13FN2O2S. The van der Waals surface area contributed by atoms with E-state index in [9.17, 15) is 12.3 Å². The molecule has 1 saturated heterocycles. The standard InChI is InChI=1S/C10H13FN2O2S/c11-16(14,15)10-3-1-2-9(8-10)13-6-4-12-5-7-13/h1-3,8,12H,4-7H2. The highest BCUT2D eigenvalue weighted by Crippen LogP contribution is 2.20. The predicted octanol–water partition coefficient (Wildman–Crippen LogP) is 0.754. The maximum Gasteiger partial charge on any atom is 0.332 e. The Morgan fingerprint density at radius 3 is 2.56 bits per heavy atom. The van der Waals surface area contributed by atoms with Gasteiger partial charge in [-0.25, -0.2) is 0 Å². The molecule has 1 aliphatic rings. The van der Waals surface area contributed by atoms with Crippen molar-refractivity contribution in [3.63, 3.8) is 0 Å². The number of rotatable bonds is 2. The lowest BCUT2D eigenvalue weighted by Gasteiger charge is -2.29. The highest BCUT2D eigenvalue weighted by atomic mass is 32.3. The molecule has 0 unspecified atom stereocenters. The molecule has 6 heteroatoms. The van der Waals surface area contributed by atoms with Crippen molar-refractivity contribution in [3.05, 3.63) is 24.3 Å². The average Bonchev–Trinajstić information content (AvgIpc) is 2.29. The zero-order chi connectivity index (χ0) is 11.6. The van der Waals surface area contributed by atoms with Crippen LogP contribution in [0.3, 0.4) is 0 Å². The minimum Gasteiger partial charge on any atom is -0.369 e. The van der Waals surface area contributed by atoms with Gasteiger partial charge in [-0.05, 0) is 18.2 Å². The Hall–Kier alpha value is -1.14. The topological polar surface area (TPSA) is 49.4 Å². The Labute approximate surface area is 94.3 Å². The summed E-state index contributed by atoms with van der Waals surface area (Å²) < 4.78 is 34.4. The van der Waals surface area contributed by atoms with Gasteiger partial charge in [0.1, 0.15) is 4.90 Å². The van der Waals surface area contributed by atoms with Crippen LogP contribution in [-0.4, -0.2) is 34.6 Å². The molecule has 1 aliphatic heterocycles. The lowest BCUT2D eigenvalue weighted by atomic mass is 10.2. The van der Waals surface area contributed by atoms with Crippen molar-refractivity contribution in [1.82, 2.24) is 5.32 Å². The quantitative estimate of drug-likeness (QED) is 0.780. The van der Waals surface area contributed by atoms with Gasteiger partial charge in [0, 0.05) is 31.9 Å². The van der Waals surface area contributed by atoms with Crippen molar-refractivity contribution >= 4 is 15.9 Å². The molecule has 0 atom stereocenters. The second kappa shape index (κ2) is 4.39. The van der Waals surface area contributed by atoms with Crippen molar-refractivity contribution < 1.29 is 12.3 Å². The Morgan fingerprint density at radius 1 is 1.25 bits per heavy atom. The summed E-state index contributed by atoms with van der Waals surface area (Å²) in [6.45, 7) is 3.31. The molecule has 0 spiro atoms. The number of nitrogens with one attached hydrogen (secondary N) is 1. The van der Waals surface area contributed by atoms with Crippen LogP contribution in [0.1, 0.15) is 0 Å². The Bertz CT molecular complexity index is 469. The first-order chi connectivity index (χ1) is 7.57. The molecule has 1 N–H and O–H groups in total. The first kappa shape index (κ1) is 11.3. The fourth-order valence-corrected chi connectivity index (χ4v) is 2.26. The number of nitrogens with zero attached hydrogens (tertiary/aromatic N) is 1. The first-order valence-corrected chi connectivity index (χ1v) is 6.46. The van der Waals surface area contributed by atoms with E-state index in [1.807, 2.05) is 4.90 Å². The summed E-state index contributed by atoms with van der Waals surface area (Å²) in [5, 5.41) is 3.20. The third-order valence-corrected chi connectivity index (χ3v) is 3.40. The van der Waals surface area contributed by atoms with Crippen LogP contribution >= 0.6 is 0 Å². The van der Waals surface area contributed by atoms with E-state index in [1.54, 1.807) is 12.1 Å². The van der Waals surface area contributed by atoms with Crippen molar-refractivity contribution in [2.75, 3.05) is 31.1 Å². The molecule has 0 radical (unpaired) electrons. The SMILES string of the molecule is O=S(=O)(F)c1cccc(N2CCNCC2)c1. The Morgan fingerprint density at radius 2 is 1.94 bits per heavy atom. The Kier molecular flexibility index (Phi) is 3.11. The van der Waals surface area contributed by atoms with Gasteiger partial charge >= 0.3 is 10.2 Å². The summed E-state index contributed by atoms with van der Waals surface area (Å²) in [4.78, 5) is 1.76. The fraction of sp³-hybridized carbons (Fsp3) is 0.400. The minimum absolute atomic E-state index is 0.275. The smallest absolute Gasteiger partial charge is 0.332 e. The van der Waals surface area contributed by atoms with Gasteiger partial charge in [0.15, 0.2) is 0 Å². The summed E-state index contributed by atoms with van der Waals surface area (Å²) in [5.74, 6) is 0. The first-order valence-electron chi connectivity index (χ1n) is 5.08. The van der Waals surface area contributed by atoms with Crippen molar-refractivity contribution in [1.29, 1.82) is 0 Å². The zero-order valence-electron chi connectivity index (χ0n) is 8.69. The van der Waals surface area contributed by atoms with Crippen LogP contribution in [0.25, 0.3) is 0 Å². The van der Waals surface area contributed by atoms with E-state index in [0.717, 1.165) is 31.9 Å².